The van der Waals surface area contributed by atoms with Gasteiger partial charge in [0.25, 0.3) is 10.1 Å². The molecule has 4 heteroatoms. The van der Waals surface area contributed by atoms with Crippen LogP contribution in [-0.4, -0.2) is 19.2 Å². The molecule has 1 N–H and O–H groups in total. The van der Waals surface area contributed by atoms with Gasteiger partial charge in [0.1, 0.15) is 0 Å². The zero-order valence-corrected chi connectivity index (χ0v) is 11.1. The largest absolute Gasteiger partial charge is 0.286 e. The maximum atomic E-state index is 9.19. The van der Waals surface area contributed by atoms with Crippen molar-refractivity contribution in [3.63, 3.8) is 0 Å². The van der Waals surface area contributed by atoms with Crippen molar-refractivity contribution < 1.29 is 13.0 Å². The molecule has 0 spiro atoms. The molecule has 0 unspecified atom stereocenters. The van der Waals surface area contributed by atoms with Crippen LogP contribution >= 0.6 is 0 Å². The van der Waals surface area contributed by atoms with E-state index in [1.165, 1.54) is 51.4 Å². The Bertz CT molecular complexity index is 182. The molecule has 0 bridgehead atoms. The van der Waals surface area contributed by atoms with E-state index in [4.69, 9.17) is 4.55 Å². The van der Waals surface area contributed by atoms with Gasteiger partial charge < -0.3 is 0 Å². The molecule has 0 fully saturated rings. The summed E-state index contributed by atoms with van der Waals surface area (Å²) in [7, 11) is -3.67. The lowest BCUT2D eigenvalue weighted by atomic mass is 10.1. The maximum Gasteiger partial charge on any atom is 0.261 e. The molecule has 0 aliphatic rings. The molecule has 0 aromatic carbocycles. The Morgan fingerprint density at radius 2 is 1.00 bits per heavy atom. The van der Waals surface area contributed by atoms with Crippen LogP contribution in [0.4, 0.5) is 0 Å². The van der Waals surface area contributed by atoms with Crippen molar-refractivity contribution in [3.05, 3.63) is 0 Å². The predicted octanol–water partition coefficient (Wildman–Crippen LogP) is 3.65. The highest BCUT2D eigenvalue weighted by molar-refractivity contribution is 7.85. The lowest BCUT2D eigenvalue weighted by molar-refractivity contribution is 0.490. The van der Waals surface area contributed by atoms with Crippen molar-refractivity contribution in [2.75, 3.05) is 6.26 Å². The third-order valence-corrected chi connectivity index (χ3v) is 1.96. The van der Waals surface area contributed by atoms with Crippen molar-refractivity contribution >= 4 is 10.1 Å². The van der Waals surface area contributed by atoms with E-state index in [-0.39, 0.29) is 0 Å². The minimum Gasteiger partial charge on any atom is -0.286 e. The molecule has 15 heavy (non-hydrogen) atoms. The van der Waals surface area contributed by atoms with Crippen molar-refractivity contribution in [2.24, 2.45) is 0 Å². The molecule has 0 aromatic rings. The maximum absolute atomic E-state index is 9.19. The summed E-state index contributed by atoms with van der Waals surface area (Å²) in [5.74, 6) is 0. The molecule has 0 saturated heterocycles. The van der Waals surface area contributed by atoms with Gasteiger partial charge in [0, 0.05) is 0 Å². The lowest BCUT2D eigenvalue weighted by Gasteiger charge is -1.97. The highest BCUT2D eigenvalue weighted by Gasteiger charge is 1.87. The van der Waals surface area contributed by atoms with Gasteiger partial charge >= 0.3 is 0 Å². The summed E-state index contributed by atoms with van der Waals surface area (Å²) in [5.41, 5.74) is 0. The monoisotopic (exact) mass is 238 g/mol. The average molecular weight is 238 g/mol. The van der Waals surface area contributed by atoms with Gasteiger partial charge in [-0.25, -0.2) is 0 Å². The minimum absolute atomic E-state index is 0.715. The van der Waals surface area contributed by atoms with E-state index in [9.17, 15) is 8.42 Å². The third-order valence-electron chi connectivity index (χ3n) is 1.96. The zero-order valence-electron chi connectivity index (χ0n) is 10.3. The molecule has 0 rings (SSSR count). The first kappa shape index (κ1) is 17.3. The molecule has 3 nitrogen and oxygen atoms in total. The lowest BCUT2D eigenvalue weighted by Crippen LogP contribution is -1.88. The third kappa shape index (κ3) is 41.3. The van der Waals surface area contributed by atoms with Crippen LogP contribution in [0.2, 0.25) is 0 Å². The van der Waals surface area contributed by atoms with E-state index < -0.39 is 10.1 Å². The van der Waals surface area contributed by atoms with Crippen molar-refractivity contribution in [3.8, 4) is 0 Å². The van der Waals surface area contributed by atoms with E-state index in [0.717, 1.165) is 0 Å². The summed E-state index contributed by atoms with van der Waals surface area (Å²) in [4.78, 5) is 0. The summed E-state index contributed by atoms with van der Waals surface area (Å²) >= 11 is 0. The van der Waals surface area contributed by atoms with Crippen molar-refractivity contribution in [1.82, 2.24) is 0 Å². The molecule has 0 aromatic heterocycles. The average Bonchev–Trinajstić information content (AvgIpc) is 2.08. The minimum atomic E-state index is -3.67. The Morgan fingerprint density at radius 3 is 1.20 bits per heavy atom. The Labute approximate surface area is 95.0 Å². The van der Waals surface area contributed by atoms with Gasteiger partial charge in [-0.2, -0.15) is 8.42 Å². The van der Waals surface area contributed by atoms with Gasteiger partial charge in [-0.3, -0.25) is 4.55 Å². The predicted molar refractivity (Wildman–Crippen MR) is 65.8 cm³/mol. The van der Waals surface area contributed by atoms with Gasteiger partial charge in [0.05, 0.1) is 6.26 Å². The Kier molecular flexibility index (Phi) is 13.8. The number of hydrogen-bond donors (Lipinski definition) is 1. The van der Waals surface area contributed by atoms with Crippen LogP contribution in [0.25, 0.3) is 0 Å². The second kappa shape index (κ2) is 12.0. The van der Waals surface area contributed by atoms with Crippen molar-refractivity contribution in [1.29, 1.82) is 0 Å². The Balaban J connectivity index is 0. The van der Waals surface area contributed by atoms with Crippen LogP contribution in [0.1, 0.15) is 65.2 Å². The van der Waals surface area contributed by atoms with Crippen LogP contribution in [0.15, 0.2) is 0 Å². The number of unbranched alkanes of at least 4 members (excludes halogenated alkanes) is 7. The van der Waals surface area contributed by atoms with Crippen LogP contribution in [0.5, 0.6) is 0 Å². The van der Waals surface area contributed by atoms with Crippen LogP contribution < -0.4 is 0 Å². The SMILES string of the molecule is CCCCCCCCCC.CS(=O)(=O)O. The Morgan fingerprint density at radius 1 is 0.800 bits per heavy atom. The highest BCUT2D eigenvalue weighted by atomic mass is 32.2. The summed E-state index contributed by atoms with van der Waals surface area (Å²) in [5, 5.41) is 0. The summed E-state index contributed by atoms with van der Waals surface area (Å²) in [6, 6.07) is 0. The number of rotatable bonds is 7. The standard InChI is InChI=1S/C10H22.CH4O3S/c1-3-5-7-9-10-8-6-4-2;1-5(2,3)4/h3-10H2,1-2H3;1H3,(H,2,3,4). The van der Waals surface area contributed by atoms with Crippen LogP contribution in [0, 0.1) is 0 Å². The molecule has 0 aliphatic heterocycles. The van der Waals surface area contributed by atoms with E-state index in [1.807, 2.05) is 0 Å². The molecule has 94 valence electrons. The molecule has 0 atom stereocenters. The normalized spacial score (nSPS) is 10.7. The van der Waals surface area contributed by atoms with E-state index >= 15 is 0 Å². The van der Waals surface area contributed by atoms with E-state index in [0.29, 0.717) is 6.26 Å². The summed E-state index contributed by atoms with van der Waals surface area (Å²) < 4.78 is 25.9. The van der Waals surface area contributed by atoms with Gasteiger partial charge in [0.2, 0.25) is 0 Å². The second-order valence-electron chi connectivity index (χ2n) is 3.85. The van der Waals surface area contributed by atoms with Gasteiger partial charge in [-0.15, -0.1) is 0 Å². The van der Waals surface area contributed by atoms with E-state index in [1.54, 1.807) is 0 Å². The molecule has 0 amide bonds. The second-order valence-corrected chi connectivity index (χ2v) is 5.32. The summed E-state index contributed by atoms with van der Waals surface area (Å²) in [6.07, 6.45) is 12.2. The van der Waals surface area contributed by atoms with E-state index in [2.05, 4.69) is 13.8 Å². The molecule has 0 radical (unpaired) electrons. The highest BCUT2D eigenvalue weighted by Crippen LogP contribution is 2.07. The first-order chi connectivity index (χ1) is 6.91. The summed E-state index contributed by atoms with van der Waals surface area (Å²) in [6.45, 7) is 4.54. The fraction of sp³-hybridized carbons (Fsp3) is 1.00. The van der Waals surface area contributed by atoms with Crippen LogP contribution in [0.3, 0.4) is 0 Å². The topological polar surface area (TPSA) is 54.4 Å². The molecule has 0 saturated carbocycles. The fourth-order valence-electron chi connectivity index (χ4n) is 1.21. The first-order valence-corrected chi connectivity index (χ1v) is 7.69. The number of hydrogen-bond acceptors (Lipinski definition) is 2. The quantitative estimate of drug-likeness (QED) is 0.544. The smallest absolute Gasteiger partial charge is 0.261 e. The van der Waals surface area contributed by atoms with Gasteiger partial charge in [0.15, 0.2) is 0 Å². The molecular weight excluding hydrogens is 212 g/mol. The molecular formula is C11H26O3S. The first-order valence-electron chi connectivity index (χ1n) is 5.84. The zero-order chi connectivity index (χ0) is 12.2. The van der Waals surface area contributed by atoms with Crippen molar-refractivity contribution in [2.45, 2.75) is 65.2 Å². The van der Waals surface area contributed by atoms with Gasteiger partial charge in [-0.05, 0) is 0 Å². The molecule has 0 heterocycles. The fourth-order valence-corrected chi connectivity index (χ4v) is 1.21. The Hall–Kier alpha value is -0.0900. The van der Waals surface area contributed by atoms with Crippen LogP contribution in [-0.2, 0) is 10.1 Å². The molecule has 0 aliphatic carbocycles. The van der Waals surface area contributed by atoms with Gasteiger partial charge in [-0.1, -0.05) is 65.2 Å².